The Labute approximate surface area is 121 Å². The van der Waals surface area contributed by atoms with Gasteiger partial charge in [-0.15, -0.1) is 6.58 Å². The lowest BCUT2D eigenvalue weighted by atomic mass is 10.1. The minimum absolute atomic E-state index is 0.229. The van der Waals surface area contributed by atoms with Crippen molar-refractivity contribution in [3.05, 3.63) is 65.0 Å². The van der Waals surface area contributed by atoms with Gasteiger partial charge in [0.2, 0.25) is 0 Å². The minimum Gasteiger partial charge on any atom is -0.497 e. The maximum Gasteiger partial charge on any atom is 0.341 e. The molecule has 21 heavy (non-hydrogen) atoms. The maximum atomic E-state index is 12.3. The molecule has 1 N–H and O–H groups in total. The van der Waals surface area contributed by atoms with E-state index in [4.69, 9.17) is 9.84 Å². The first kappa shape index (κ1) is 14.6. The van der Waals surface area contributed by atoms with E-state index in [0.29, 0.717) is 11.4 Å². The van der Waals surface area contributed by atoms with Gasteiger partial charge in [-0.25, -0.2) is 4.79 Å². The molecule has 0 fully saturated rings. The number of ether oxygens (including phenoxy) is 1. The second-order valence-corrected chi connectivity index (χ2v) is 4.37. The fraction of sp³-hybridized carbons (Fsp3) is 0.125. The van der Waals surface area contributed by atoms with Crippen molar-refractivity contribution in [2.45, 2.75) is 6.54 Å². The standard InChI is InChI=1S/C16H15NO4/c1-3-9-17-14(8-7-13(15(17)18)16(19)20)11-5-4-6-12(10-11)21-2/h3-8,10H,1,9H2,2H3,(H,19,20). The number of carboxylic acids is 1. The van der Waals surface area contributed by atoms with Crippen molar-refractivity contribution in [3.63, 3.8) is 0 Å². The van der Waals surface area contributed by atoms with Gasteiger partial charge < -0.3 is 14.4 Å². The molecule has 0 saturated carbocycles. The lowest BCUT2D eigenvalue weighted by Gasteiger charge is -2.13. The number of aromatic nitrogens is 1. The summed E-state index contributed by atoms with van der Waals surface area (Å²) in [5.74, 6) is -0.581. The van der Waals surface area contributed by atoms with Crippen molar-refractivity contribution in [1.82, 2.24) is 4.57 Å². The third-order valence-electron chi connectivity index (χ3n) is 3.08. The third-order valence-corrected chi connectivity index (χ3v) is 3.08. The molecule has 0 unspecified atom stereocenters. The van der Waals surface area contributed by atoms with Crippen LogP contribution in [0.25, 0.3) is 11.3 Å². The molecule has 2 rings (SSSR count). The van der Waals surface area contributed by atoms with Crippen LogP contribution in [0.5, 0.6) is 5.75 Å². The average Bonchev–Trinajstić information content (AvgIpc) is 2.49. The van der Waals surface area contributed by atoms with Crippen LogP contribution in [0.2, 0.25) is 0 Å². The first-order valence-corrected chi connectivity index (χ1v) is 6.31. The predicted molar refractivity (Wildman–Crippen MR) is 79.8 cm³/mol. The van der Waals surface area contributed by atoms with E-state index in [1.165, 1.54) is 10.6 Å². The average molecular weight is 285 g/mol. The van der Waals surface area contributed by atoms with Gasteiger partial charge in [0, 0.05) is 12.1 Å². The van der Waals surface area contributed by atoms with Crippen molar-refractivity contribution in [3.8, 4) is 17.0 Å². The molecule has 0 aliphatic rings. The van der Waals surface area contributed by atoms with Gasteiger partial charge in [0.05, 0.1) is 12.8 Å². The van der Waals surface area contributed by atoms with E-state index < -0.39 is 11.5 Å². The molecule has 0 atom stereocenters. The summed E-state index contributed by atoms with van der Waals surface area (Å²) >= 11 is 0. The van der Waals surface area contributed by atoms with Crippen LogP contribution >= 0.6 is 0 Å². The molecule has 0 aliphatic heterocycles. The van der Waals surface area contributed by atoms with Gasteiger partial charge in [0.1, 0.15) is 11.3 Å². The number of rotatable bonds is 5. The van der Waals surface area contributed by atoms with Crippen molar-refractivity contribution in [2.75, 3.05) is 7.11 Å². The highest BCUT2D eigenvalue weighted by Crippen LogP contribution is 2.23. The first-order valence-electron chi connectivity index (χ1n) is 6.31. The molecule has 1 aromatic carbocycles. The summed E-state index contributed by atoms with van der Waals surface area (Å²) in [6.07, 6.45) is 1.55. The number of carbonyl (C=O) groups is 1. The Morgan fingerprint density at radius 2 is 2.14 bits per heavy atom. The molecule has 5 heteroatoms. The zero-order chi connectivity index (χ0) is 15.4. The van der Waals surface area contributed by atoms with E-state index in [9.17, 15) is 9.59 Å². The van der Waals surface area contributed by atoms with Crippen molar-refractivity contribution in [1.29, 1.82) is 0 Å². The highest BCUT2D eigenvalue weighted by molar-refractivity contribution is 5.87. The fourth-order valence-electron chi connectivity index (χ4n) is 2.09. The van der Waals surface area contributed by atoms with Crippen LogP contribution < -0.4 is 10.3 Å². The van der Waals surface area contributed by atoms with Crippen LogP contribution in [0, 0.1) is 0 Å². The normalized spacial score (nSPS) is 10.1. The van der Waals surface area contributed by atoms with Gasteiger partial charge in [-0.05, 0) is 24.3 Å². The van der Waals surface area contributed by atoms with Gasteiger partial charge in [-0.1, -0.05) is 18.2 Å². The molecule has 0 aliphatic carbocycles. The number of pyridine rings is 1. The second kappa shape index (κ2) is 6.09. The summed E-state index contributed by atoms with van der Waals surface area (Å²) in [6, 6.07) is 10.2. The Kier molecular flexibility index (Phi) is 4.23. The molecule has 0 saturated heterocycles. The van der Waals surface area contributed by atoms with Gasteiger partial charge in [-0.2, -0.15) is 0 Å². The zero-order valence-corrected chi connectivity index (χ0v) is 11.6. The maximum absolute atomic E-state index is 12.3. The largest absolute Gasteiger partial charge is 0.497 e. The highest BCUT2D eigenvalue weighted by Gasteiger charge is 2.14. The Hall–Kier alpha value is -2.82. The first-order chi connectivity index (χ1) is 10.1. The van der Waals surface area contributed by atoms with Crippen LogP contribution in [0.15, 0.2) is 53.8 Å². The fourth-order valence-corrected chi connectivity index (χ4v) is 2.09. The quantitative estimate of drug-likeness (QED) is 0.857. The number of nitrogens with zero attached hydrogens (tertiary/aromatic N) is 1. The van der Waals surface area contributed by atoms with Gasteiger partial charge in [0.15, 0.2) is 0 Å². The number of aromatic carboxylic acids is 1. The molecule has 0 amide bonds. The smallest absolute Gasteiger partial charge is 0.341 e. The van der Waals surface area contributed by atoms with Crippen LogP contribution in [0.4, 0.5) is 0 Å². The third kappa shape index (κ3) is 2.86. The number of allylic oxidation sites excluding steroid dienone is 1. The topological polar surface area (TPSA) is 68.5 Å². The summed E-state index contributed by atoms with van der Waals surface area (Å²) in [7, 11) is 1.56. The van der Waals surface area contributed by atoms with Crippen molar-refractivity contribution in [2.24, 2.45) is 0 Å². The van der Waals surface area contributed by atoms with E-state index >= 15 is 0 Å². The lowest BCUT2D eigenvalue weighted by Crippen LogP contribution is -2.27. The molecule has 2 aromatic rings. The van der Waals surface area contributed by atoms with Crippen LogP contribution in [0.3, 0.4) is 0 Å². The SMILES string of the molecule is C=CCn1c(-c2cccc(OC)c2)ccc(C(=O)O)c1=O. The second-order valence-electron chi connectivity index (χ2n) is 4.37. The van der Waals surface area contributed by atoms with Crippen molar-refractivity contribution < 1.29 is 14.6 Å². The molecule has 5 nitrogen and oxygen atoms in total. The minimum atomic E-state index is -1.24. The van der Waals surface area contributed by atoms with Crippen molar-refractivity contribution >= 4 is 5.97 Å². The molecule has 0 spiro atoms. The monoisotopic (exact) mass is 285 g/mol. The summed E-state index contributed by atoms with van der Waals surface area (Å²) in [4.78, 5) is 23.3. The van der Waals surface area contributed by atoms with E-state index in [2.05, 4.69) is 6.58 Å². The molecule has 1 aromatic heterocycles. The van der Waals surface area contributed by atoms with Crippen LogP contribution in [0.1, 0.15) is 10.4 Å². The van der Waals surface area contributed by atoms with Gasteiger partial charge >= 0.3 is 5.97 Å². The van der Waals surface area contributed by atoms with E-state index in [1.807, 2.05) is 12.1 Å². The van der Waals surface area contributed by atoms with Crippen LogP contribution in [-0.2, 0) is 6.54 Å². The summed E-state index contributed by atoms with van der Waals surface area (Å²) in [5, 5.41) is 9.04. The Bertz CT molecular complexity index is 746. The van der Waals surface area contributed by atoms with E-state index in [-0.39, 0.29) is 12.1 Å². The Balaban J connectivity index is 2.68. The number of benzene rings is 1. The lowest BCUT2D eigenvalue weighted by molar-refractivity contribution is 0.0694. The van der Waals surface area contributed by atoms with Gasteiger partial charge in [-0.3, -0.25) is 4.79 Å². The Morgan fingerprint density at radius 3 is 2.76 bits per heavy atom. The predicted octanol–water partition coefficient (Wildman–Crippen LogP) is 2.41. The highest BCUT2D eigenvalue weighted by atomic mass is 16.5. The summed E-state index contributed by atoms with van der Waals surface area (Å²) < 4.78 is 6.55. The molecule has 1 heterocycles. The van der Waals surface area contributed by atoms with E-state index in [1.54, 1.807) is 31.4 Å². The molecule has 0 radical (unpaired) electrons. The number of hydrogen-bond donors (Lipinski definition) is 1. The summed E-state index contributed by atoms with van der Waals surface area (Å²) in [6.45, 7) is 3.84. The zero-order valence-electron chi connectivity index (χ0n) is 11.6. The number of hydrogen-bond acceptors (Lipinski definition) is 3. The molecular formula is C16H15NO4. The Morgan fingerprint density at radius 1 is 1.38 bits per heavy atom. The number of methoxy groups -OCH3 is 1. The van der Waals surface area contributed by atoms with Crippen LogP contribution in [-0.4, -0.2) is 22.8 Å². The summed E-state index contributed by atoms with van der Waals surface area (Å²) in [5.41, 5.74) is 0.570. The molecular weight excluding hydrogens is 270 g/mol. The number of carboxylic acid groups (broad SMARTS) is 1. The molecule has 0 bridgehead atoms. The molecule has 108 valence electrons. The van der Waals surface area contributed by atoms with E-state index in [0.717, 1.165) is 5.56 Å². The van der Waals surface area contributed by atoms with Gasteiger partial charge in [0.25, 0.3) is 5.56 Å².